The third-order valence-corrected chi connectivity index (χ3v) is 4.50. The molecule has 2 bridgehead atoms. The molecular formula is C14H20N+. The van der Waals surface area contributed by atoms with Crippen LogP contribution in [0.25, 0.3) is 0 Å². The molecule has 0 atom stereocenters. The van der Waals surface area contributed by atoms with Crippen LogP contribution >= 0.6 is 0 Å². The molecule has 0 saturated carbocycles. The maximum Gasteiger partial charge on any atom is 0.0849 e. The summed E-state index contributed by atoms with van der Waals surface area (Å²) in [7, 11) is 2.43. The molecule has 1 nitrogen and oxygen atoms in total. The van der Waals surface area contributed by atoms with Gasteiger partial charge in [-0.1, -0.05) is 30.3 Å². The van der Waals surface area contributed by atoms with Gasteiger partial charge in [-0.25, -0.2) is 0 Å². The second-order valence-electron chi connectivity index (χ2n) is 5.89. The third kappa shape index (κ3) is 1.59. The minimum atomic E-state index is 0.649. The van der Waals surface area contributed by atoms with Gasteiger partial charge in [-0.3, -0.25) is 0 Å². The molecule has 2 fully saturated rings. The second kappa shape index (κ2) is 3.08. The summed E-state index contributed by atoms with van der Waals surface area (Å²) >= 11 is 0. The fourth-order valence-corrected chi connectivity index (χ4v) is 3.64. The summed E-state index contributed by atoms with van der Waals surface area (Å²) in [6.45, 7) is 4.24. The molecule has 1 aromatic carbocycles. The van der Waals surface area contributed by atoms with Crippen molar-refractivity contribution in [1.29, 1.82) is 0 Å². The maximum absolute atomic E-state index is 2.43. The molecule has 0 amide bonds. The number of quaternary nitrogens is 1. The quantitative estimate of drug-likeness (QED) is 0.646. The van der Waals surface area contributed by atoms with Gasteiger partial charge in [0.1, 0.15) is 0 Å². The fraction of sp³-hybridized carbons (Fsp3) is 0.571. The summed E-state index contributed by atoms with van der Waals surface area (Å²) in [5, 5.41) is 0. The van der Waals surface area contributed by atoms with E-state index < -0.39 is 0 Å². The van der Waals surface area contributed by atoms with E-state index in [1.807, 2.05) is 0 Å². The number of piperidine rings is 1. The van der Waals surface area contributed by atoms with Gasteiger partial charge in [-0.05, 0) is 12.0 Å². The monoisotopic (exact) mass is 202 g/mol. The van der Waals surface area contributed by atoms with E-state index >= 15 is 0 Å². The van der Waals surface area contributed by atoms with Crippen molar-refractivity contribution in [2.75, 3.05) is 26.7 Å². The zero-order valence-corrected chi connectivity index (χ0v) is 9.58. The predicted octanol–water partition coefficient (Wildman–Crippen LogP) is 2.47. The number of benzene rings is 1. The van der Waals surface area contributed by atoms with Crippen LogP contribution < -0.4 is 0 Å². The van der Waals surface area contributed by atoms with E-state index in [9.17, 15) is 0 Å². The lowest BCUT2D eigenvalue weighted by molar-refractivity contribution is -0.890. The molecule has 2 saturated heterocycles. The highest BCUT2D eigenvalue weighted by Gasteiger charge is 2.52. The number of nitrogens with zero attached hydrogens (tertiary/aromatic N) is 1. The Bertz CT molecular complexity index is 347. The SMILES string of the molecule is C[N+]12CCC(Cc3ccccc3)(CC1)C2. The molecule has 0 spiro atoms. The first-order chi connectivity index (χ1) is 7.20. The van der Waals surface area contributed by atoms with Crippen LogP contribution in [0.2, 0.25) is 0 Å². The van der Waals surface area contributed by atoms with E-state index in [4.69, 9.17) is 0 Å². The standard InChI is InChI=1S/C14H20N/c1-15-9-7-14(12-15,8-10-15)11-13-5-3-2-4-6-13/h2-6H,7-12H2,1H3/q+1. The largest absolute Gasteiger partial charge is 0.326 e. The molecule has 80 valence electrons. The number of hydrogen-bond donors (Lipinski definition) is 0. The van der Waals surface area contributed by atoms with Crippen LogP contribution in [-0.2, 0) is 6.42 Å². The summed E-state index contributed by atoms with van der Waals surface area (Å²) in [5.41, 5.74) is 2.18. The average Bonchev–Trinajstić information content (AvgIpc) is 2.73. The Hall–Kier alpha value is -0.820. The highest BCUT2D eigenvalue weighted by Crippen LogP contribution is 2.46. The summed E-state index contributed by atoms with van der Waals surface area (Å²) in [5.74, 6) is 0. The van der Waals surface area contributed by atoms with E-state index in [-0.39, 0.29) is 0 Å². The highest BCUT2D eigenvalue weighted by molar-refractivity contribution is 5.17. The van der Waals surface area contributed by atoms with Crippen LogP contribution in [0.5, 0.6) is 0 Å². The molecule has 0 aliphatic carbocycles. The van der Waals surface area contributed by atoms with Crippen LogP contribution in [0, 0.1) is 5.41 Å². The molecule has 0 radical (unpaired) electrons. The van der Waals surface area contributed by atoms with Crippen molar-refractivity contribution in [3.63, 3.8) is 0 Å². The van der Waals surface area contributed by atoms with Crippen molar-refractivity contribution in [3.05, 3.63) is 35.9 Å². The summed E-state index contributed by atoms with van der Waals surface area (Å²) in [4.78, 5) is 0. The van der Waals surface area contributed by atoms with Gasteiger partial charge in [0.2, 0.25) is 0 Å². The van der Waals surface area contributed by atoms with Crippen molar-refractivity contribution in [1.82, 2.24) is 0 Å². The minimum absolute atomic E-state index is 0.649. The van der Waals surface area contributed by atoms with Crippen molar-refractivity contribution in [2.45, 2.75) is 19.3 Å². The van der Waals surface area contributed by atoms with Crippen molar-refractivity contribution >= 4 is 0 Å². The first-order valence-electron chi connectivity index (χ1n) is 6.07. The van der Waals surface area contributed by atoms with Gasteiger partial charge in [0.05, 0.1) is 26.7 Å². The van der Waals surface area contributed by atoms with E-state index in [2.05, 4.69) is 37.4 Å². The third-order valence-electron chi connectivity index (χ3n) is 4.50. The van der Waals surface area contributed by atoms with Crippen LogP contribution in [0.4, 0.5) is 0 Å². The number of rotatable bonds is 2. The highest BCUT2D eigenvalue weighted by atomic mass is 15.4. The van der Waals surface area contributed by atoms with E-state index in [1.165, 1.54) is 48.9 Å². The second-order valence-corrected chi connectivity index (χ2v) is 5.89. The molecule has 1 aromatic rings. The Morgan fingerprint density at radius 1 is 1.13 bits per heavy atom. The summed E-state index contributed by atoms with van der Waals surface area (Å²) in [6, 6.07) is 11.0. The Balaban J connectivity index is 1.80. The zero-order chi connectivity index (χ0) is 10.4. The first kappa shape index (κ1) is 9.41. The summed E-state index contributed by atoms with van der Waals surface area (Å²) < 4.78 is 1.34. The molecular weight excluding hydrogens is 182 g/mol. The van der Waals surface area contributed by atoms with Crippen molar-refractivity contribution < 1.29 is 4.48 Å². The molecule has 2 heterocycles. The summed E-state index contributed by atoms with van der Waals surface area (Å²) in [6.07, 6.45) is 4.19. The van der Waals surface area contributed by atoms with E-state index in [0.29, 0.717) is 5.41 Å². The Morgan fingerprint density at radius 3 is 2.33 bits per heavy atom. The minimum Gasteiger partial charge on any atom is -0.326 e. The van der Waals surface area contributed by atoms with Crippen molar-refractivity contribution in [2.24, 2.45) is 5.41 Å². The number of fused-ring (bicyclic) bond motifs is 2. The first-order valence-corrected chi connectivity index (χ1v) is 6.07. The average molecular weight is 202 g/mol. The molecule has 2 aliphatic rings. The predicted molar refractivity (Wildman–Crippen MR) is 62.6 cm³/mol. The molecule has 1 heteroatoms. The Morgan fingerprint density at radius 2 is 1.80 bits per heavy atom. The molecule has 0 N–H and O–H groups in total. The Kier molecular flexibility index (Phi) is 1.93. The maximum atomic E-state index is 2.43. The molecule has 15 heavy (non-hydrogen) atoms. The molecule has 0 unspecified atom stereocenters. The normalized spacial score (nSPS) is 38.5. The van der Waals surface area contributed by atoms with Crippen molar-refractivity contribution in [3.8, 4) is 0 Å². The van der Waals surface area contributed by atoms with Gasteiger partial charge in [0.25, 0.3) is 0 Å². The molecule has 2 aliphatic heterocycles. The van der Waals surface area contributed by atoms with Gasteiger partial charge in [0, 0.05) is 18.3 Å². The van der Waals surface area contributed by atoms with Gasteiger partial charge in [-0.15, -0.1) is 0 Å². The van der Waals surface area contributed by atoms with Gasteiger partial charge in [0.15, 0.2) is 0 Å². The Labute approximate surface area is 92.3 Å². The van der Waals surface area contributed by atoms with Gasteiger partial charge < -0.3 is 4.48 Å². The van der Waals surface area contributed by atoms with Crippen LogP contribution in [0.3, 0.4) is 0 Å². The lowest BCUT2D eigenvalue weighted by Crippen LogP contribution is -2.38. The van der Waals surface area contributed by atoms with Crippen LogP contribution in [-0.4, -0.2) is 31.2 Å². The lowest BCUT2D eigenvalue weighted by Gasteiger charge is -2.25. The van der Waals surface area contributed by atoms with Gasteiger partial charge >= 0.3 is 0 Å². The van der Waals surface area contributed by atoms with E-state index in [0.717, 1.165) is 0 Å². The van der Waals surface area contributed by atoms with Crippen LogP contribution in [0.1, 0.15) is 18.4 Å². The zero-order valence-electron chi connectivity index (χ0n) is 9.58. The number of hydrogen-bond acceptors (Lipinski definition) is 0. The van der Waals surface area contributed by atoms with Crippen LogP contribution in [0.15, 0.2) is 30.3 Å². The lowest BCUT2D eigenvalue weighted by atomic mass is 9.79. The topological polar surface area (TPSA) is 0 Å². The fourth-order valence-electron chi connectivity index (χ4n) is 3.64. The molecule has 0 aromatic heterocycles. The van der Waals surface area contributed by atoms with E-state index in [1.54, 1.807) is 0 Å². The smallest absolute Gasteiger partial charge is 0.0849 e. The van der Waals surface area contributed by atoms with Gasteiger partial charge in [-0.2, -0.15) is 0 Å². The molecule has 3 rings (SSSR count).